The summed E-state index contributed by atoms with van der Waals surface area (Å²) in [6, 6.07) is 6.04. The topological polar surface area (TPSA) is 30.9 Å². The third-order valence-electron chi connectivity index (χ3n) is 3.94. The van der Waals surface area contributed by atoms with Crippen LogP contribution in [0.5, 0.6) is 11.5 Å². The maximum Gasteiger partial charge on any atom is 0.161 e. The number of methoxy groups -OCH3 is 1. The molecule has 1 aliphatic heterocycles. The summed E-state index contributed by atoms with van der Waals surface area (Å²) in [5.41, 5.74) is 1.18. The van der Waals surface area contributed by atoms with Crippen LogP contribution in [0.2, 0.25) is 0 Å². The molecule has 0 N–H and O–H groups in total. The Labute approximate surface area is 134 Å². The number of hydrogen-bond donors (Lipinski definition) is 0. The molecule has 0 saturated carbocycles. The molecule has 1 saturated heterocycles. The van der Waals surface area contributed by atoms with E-state index in [-0.39, 0.29) is 0 Å². The summed E-state index contributed by atoms with van der Waals surface area (Å²) >= 11 is 0. The van der Waals surface area contributed by atoms with E-state index >= 15 is 0 Å². The number of benzene rings is 1. The Morgan fingerprint density at radius 3 is 2.55 bits per heavy atom. The van der Waals surface area contributed by atoms with Gasteiger partial charge in [-0.15, -0.1) is 0 Å². The van der Waals surface area contributed by atoms with Crippen molar-refractivity contribution in [2.75, 3.05) is 33.4 Å². The highest BCUT2D eigenvalue weighted by Gasteiger charge is 2.21. The van der Waals surface area contributed by atoms with Crippen LogP contribution in [-0.2, 0) is 4.74 Å². The van der Waals surface area contributed by atoms with Gasteiger partial charge in [0.25, 0.3) is 0 Å². The molecule has 1 aromatic rings. The van der Waals surface area contributed by atoms with Gasteiger partial charge in [-0.25, -0.2) is 0 Å². The number of hydrogen-bond acceptors (Lipinski definition) is 4. The van der Waals surface area contributed by atoms with Gasteiger partial charge in [-0.1, -0.05) is 6.07 Å². The first kappa shape index (κ1) is 17.1. The van der Waals surface area contributed by atoms with Crippen molar-refractivity contribution in [2.24, 2.45) is 0 Å². The standard InChI is InChI=1S/C18H29NO3/c1-14-7-8-17(18(11-14)20-4)21-10-6-5-9-19-12-15(2)22-16(3)13-19/h7-8,11,15-16H,5-6,9-10,12-13H2,1-4H3/t15-,16+. The number of rotatable bonds is 7. The van der Waals surface area contributed by atoms with Crippen LogP contribution in [0, 0.1) is 6.92 Å². The number of morpholine rings is 1. The van der Waals surface area contributed by atoms with E-state index in [1.807, 2.05) is 18.2 Å². The molecule has 4 nitrogen and oxygen atoms in total. The van der Waals surface area contributed by atoms with Crippen LogP contribution in [0.25, 0.3) is 0 Å². The summed E-state index contributed by atoms with van der Waals surface area (Å²) in [6.45, 7) is 10.3. The summed E-state index contributed by atoms with van der Waals surface area (Å²) < 4.78 is 17.0. The second-order valence-electron chi connectivity index (χ2n) is 6.23. The molecule has 0 spiro atoms. The van der Waals surface area contributed by atoms with Crippen molar-refractivity contribution < 1.29 is 14.2 Å². The van der Waals surface area contributed by atoms with Crippen LogP contribution in [-0.4, -0.2) is 50.5 Å². The number of nitrogens with zero attached hydrogens (tertiary/aromatic N) is 1. The van der Waals surface area contributed by atoms with Gasteiger partial charge < -0.3 is 14.2 Å². The van der Waals surface area contributed by atoms with Crippen LogP contribution >= 0.6 is 0 Å². The van der Waals surface area contributed by atoms with Crippen LogP contribution in [0.1, 0.15) is 32.3 Å². The van der Waals surface area contributed by atoms with E-state index in [1.165, 1.54) is 5.56 Å². The van der Waals surface area contributed by atoms with Crippen molar-refractivity contribution in [3.8, 4) is 11.5 Å². The lowest BCUT2D eigenvalue weighted by molar-refractivity contribution is -0.0682. The first-order valence-corrected chi connectivity index (χ1v) is 8.23. The Morgan fingerprint density at radius 1 is 1.14 bits per heavy atom. The molecular formula is C18H29NO3. The van der Waals surface area contributed by atoms with E-state index in [4.69, 9.17) is 14.2 Å². The van der Waals surface area contributed by atoms with Gasteiger partial charge in [-0.05, 0) is 57.9 Å². The zero-order valence-corrected chi connectivity index (χ0v) is 14.3. The van der Waals surface area contributed by atoms with Crippen molar-refractivity contribution in [3.63, 3.8) is 0 Å². The summed E-state index contributed by atoms with van der Waals surface area (Å²) in [5, 5.41) is 0. The molecule has 4 heteroatoms. The van der Waals surface area contributed by atoms with Crippen molar-refractivity contribution in [1.29, 1.82) is 0 Å². The smallest absolute Gasteiger partial charge is 0.161 e. The van der Waals surface area contributed by atoms with Gasteiger partial charge in [-0.2, -0.15) is 0 Å². The van der Waals surface area contributed by atoms with Crippen molar-refractivity contribution in [3.05, 3.63) is 23.8 Å². The van der Waals surface area contributed by atoms with E-state index in [2.05, 4.69) is 25.7 Å². The monoisotopic (exact) mass is 307 g/mol. The lowest BCUT2D eigenvalue weighted by atomic mass is 10.2. The molecule has 0 unspecified atom stereocenters. The number of aryl methyl sites for hydroxylation is 1. The number of ether oxygens (including phenoxy) is 3. The Morgan fingerprint density at radius 2 is 1.86 bits per heavy atom. The maximum absolute atomic E-state index is 5.85. The van der Waals surface area contributed by atoms with Crippen molar-refractivity contribution >= 4 is 0 Å². The Bertz CT molecular complexity index is 454. The molecule has 0 radical (unpaired) electrons. The van der Waals surface area contributed by atoms with E-state index in [0.717, 1.165) is 50.6 Å². The average molecular weight is 307 g/mol. The Hall–Kier alpha value is -1.26. The molecule has 0 amide bonds. The van der Waals surface area contributed by atoms with Gasteiger partial charge in [-0.3, -0.25) is 4.90 Å². The fourth-order valence-corrected chi connectivity index (χ4v) is 2.98. The SMILES string of the molecule is COc1cc(C)ccc1OCCCCN1C[C@@H](C)O[C@@H](C)C1. The first-order chi connectivity index (χ1) is 10.6. The van der Waals surface area contributed by atoms with Gasteiger partial charge in [0.05, 0.1) is 25.9 Å². The zero-order chi connectivity index (χ0) is 15.9. The summed E-state index contributed by atoms with van der Waals surface area (Å²) in [7, 11) is 1.68. The second-order valence-corrected chi connectivity index (χ2v) is 6.23. The van der Waals surface area contributed by atoms with Crippen molar-refractivity contribution in [1.82, 2.24) is 4.90 Å². The first-order valence-electron chi connectivity index (χ1n) is 8.23. The fourth-order valence-electron chi connectivity index (χ4n) is 2.98. The van der Waals surface area contributed by atoms with Gasteiger partial charge in [0.2, 0.25) is 0 Å². The molecule has 0 aromatic heterocycles. The lowest BCUT2D eigenvalue weighted by Crippen LogP contribution is -2.45. The fraction of sp³-hybridized carbons (Fsp3) is 0.667. The van der Waals surface area contributed by atoms with Crippen LogP contribution < -0.4 is 9.47 Å². The predicted molar refractivity (Wildman–Crippen MR) is 88.9 cm³/mol. The number of unbranched alkanes of at least 4 members (excludes halogenated alkanes) is 1. The summed E-state index contributed by atoms with van der Waals surface area (Å²) in [4.78, 5) is 2.49. The molecule has 0 aliphatic carbocycles. The van der Waals surface area contributed by atoms with Gasteiger partial charge in [0.15, 0.2) is 11.5 Å². The Kier molecular flexibility index (Phi) is 6.52. The summed E-state index contributed by atoms with van der Waals surface area (Å²) in [5.74, 6) is 1.65. The molecule has 1 heterocycles. The van der Waals surface area contributed by atoms with E-state index in [1.54, 1.807) is 7.11 Å². The highest BCUT2D eigenvalue weighted by atomic mass is 16.5. The largest absolute Gasteiger partial charge is 0.493 e. The Balaban J connectivity index is 1.67. The minimum atomic E-state index is 0.344. The van der Waals surface area contributed by atoms with Gasteiger partial charge >= 0.3 is 0 Å². The molecule has 22 heavy (non-hydrogen) atoms. The van der Waals surface area contributed by atoms with E-state index < -0.39 is 0 Å². The maximum atomic E-state index is 5.85. The average Bonchev–Trinajstić information content (AvgIpc) is 2.47. The normalized spacial score (nSPS) is 22.5. The molecule has 2 rings (SSSR count). The van der Waals surface area contributed by atoms with Crippen LogP contribution in [0.4, 0.5) is 0 Å². The third-order valence-corrected chi connectivity index (χ3v) is 3.94. The van der Waals surface area contributed by atoms with Crippen LogP contribution in [0.15, 0.2) is 18.2 Å². The highest BCUT2D eigenvalue weighted by molar-refractivity contribution is 5.42. The molecular weight excluding hydrogens is 278 g/mol. The minimum absolute atomic E-state index is 0.344. The van der Waals surface area contributed by atoms with E-state index in [0.29, 0.717) is 12.2 Å². The molecule has 2 atom stereocenters. The second kappa shape index (κ2) is 8.39. The highest BCUT2D eigenvalue weighted by Crippen LogP contribution is 2.27. The molecule has 1 aromatic carbocycles. The zero-order valence-electron chi connectivity index (χ0n) is 14.3. The van der Waals surface area contributed by atoms with Crippen LogP contribution in [0.3, 0.4) is 0 Å². The lowest BCUT2D eigenvalue weighted by Gasteiger charge is -2.35. The molecule has 0 bridgehead atoms. The molecule has 1 fully saturated rings. The van der Waals surface area contributed by atoms with Gasteiger partial charge in [0.1, 0.15) is 0 Å². The van der Waals surface area contributed by atoms with Crippen molar-refractivity contribution in [2.45, 2.75) is 45.8 Å². The summed E-state index contributed by atoms with van der Waals surface area (Å²) in [6.07, 6.45) is 2.89. The predicted octanol–water partition coefficient (Wildman–Crippen LogP) is 3.27. The third kappa shape index (κ3) is 5.18. The van der Waals surface area contributed by atoms with E-state index in [9.17, 15) is 0 Å². The molecule has 1 aliphatic rings. The quantitative estimate of drug-likeness (QED) is 0.723. The minimum Gasteiger partial charge on any atom is -0.493 e. The molecule has 124 valence electrons. The van der Waals surface area contributed by atoms with Gasteiger partial charge in [0, 0.05) is 13.1 Å².